The molecule has 0 aromatic heterocycles. The van der Waals surface area contributed by atoms with E-state index < -0.39 is 43.0 Å². The number of anilines is 1. The number of carbonyl (C=O) groups is 2. The highest BCUT2D eigenvalue weighted by molar-refractivity contribution is 7.92. The van der Waals surface area contributed by atoms with Crippen LogP contribution in [0.2, 0.25) is 0 Å². The lowest BCUT2D eigenvalue weighted by molar-refractivity contribution is -0.387. The van der Waals surface area contributed by atoms with Crippen LogP contribution in [0.25, 0.3) is 0 Å². The van der Waals surface area contributed by atoms with E-state index in [2.05, 4.69) is 9.64 Å². The number of nitro benzene ring substituents is 1. The lowest BCUT2D eigenvalue weighted by atomic mass is 10.1. The zero-order chi connectivity index (χ0) is 24.9. The number of piperazine rings is 1. The topological polar surface area (TPSA) is 136 Å². The first-order chi connectivity index (χ1) is 16.2. The molecule has 0 unspecified atom stereocenters. The van der Waals surface area contributed by atoms with Crippen LogP contribution in [-0.4, -0.2) is 75.8 Å². The van der Waals surface area contributed by atoms with Gasteiger partial charge in [-0.1, -0.05) is 12.1 Å². The van der Waals surface area contributed by atoms with Gasteiger partial charge >= 0.3 is 5.97 Å². The summed E-state index contributed by atoms with van der Waals surface area (Å²) in [6, 6.07) is 10.7. The fourth-order valence-electron chi connectivity index (χ4n) is 3.72. The number of nitrogens with zero attached hydrogens (tertiary/aromatic N) is 3. The lowest BCUT2D eigenvalue weighted by Crippen LogP contribution is -2.48. The molecule has 1 heterocycles. The first-order valence-corrected chi connectivity index (χ1v) is 12.2. The number of hydrogen-bond acceptors (Lipinski definition) is 9. The normalized spacial score (nSPS) is 13.9. The van der Waals surface area contributed by atoms with E-state index in [4.69, 9.17) is 4.74 Å². The minimum atomic E-state index is -4.33. The number of para-hydroxylation sites is 2. The van der Waals surface area contributed by atoms with E-state index in [1.807, 2.05) is 24.3 Å². The highest BCUT2D eigenvalue weighted by atomic mass is 32.2. The lowest BCUT2D eigenvalue weighted by Gasteiger charge is -2.36. The third kappa shape index (κ3) is 5.45. The van der Waals surface area contributed by atoms with Crippen molar-refractivity contribution in [2.24, 2.45) is 0 Å². The Balaban J connectivity index is 1.78. The van der Waals surface area contributed by atoms with Crippen molar-refractivity contribution < 1.29 is 32.4 Å². The number of sulfone groups is 1. The van der Waals surface area contributed by atoms with Gasteiger partial charge in [0.2, 0.25) is 0 Å². The van der Waals surface area contributed by atoms with Crippen LogP contribution in [0, 0.1) is 10.1 Å². The van der Waals surface area contributed by atoms with E-state index in [0.29, 0.717) is 26.2 Å². The number of nitro groups is 1. The molecule has 1 saturated heterocycles. The fraction of sp³-hybridized carbons (Fsp3) is 0.364. The molecule has 34 heavy (non-hydrogen) atoms. The molecule has 12 heteroatoms. The quantitative estimate of drug-likeness (QED) is 0.308. The number of hydrogen-bond donors (Lipinski definition) is 0. The third-order valence-corrected chi connectivity index (χ3v) is 6.97. The predicted octanol–water partition coefficient (Wildman–Crippen LogP) is 1.90. The van der Waals surface area contributed by atoms with Crippen LogP contribution in [0.3, 0.4) is 0 Å². The van der Waals surface area contributed by atoms with Crippen LogP contribution in [0.5, 0.6) is 5.75 Å². The summed E-state index contributed by atoms with van der Waals surface area (Å²) in [5.74, 6) is -1.76. The van der Waals surface area contributed by atoms with Gasteiger partial charge in [0.1, 0.15) is 10.6 Å². The summed E-state index contributed by atoms with van der Waals surface area (Å²) in [7, 11) is -2.74. The SMILES string of the molecule is CCOC(=O)CS(=O)(=O)c1ccc(C(=O)N2CCN(c3ccccc3OC)CC2)cc1[N+](=O)[O-]. The second-order valence-electron chi connectivity index (χ2n) is 7.45. The summed E-state index contributed by atoms with van der Waals surface area (Å²) in [6.07, 6.45) is 0. The van der Waals surface area contributed by atoms with Crippen LogP contribution in [0.4, 0.5) is 11.4 Å². The summed E-state index contributed by atoms with van der Waals surface area (Å²) in [5, 5.41) is 11.6. The Bertz CT molecular complexity index is 1190. The molecule has 11 nitrogen and oxygen atoms in total. The zero-order valence-corrected chi connectivity index (χ0v) is 19.6. The molecule has 182 valence electrons. The Morgan fingerprint density at radius 2 is 1.76 bits per heavy atom. The molecule has 1 aliphatic heterocycles. The van der Waals surface area contributed by atoms with Gasteiger partial charge in [0.25, 0.3) is 11.6 Å². The predicted molar refractivity (Wildman–Crippen MR) is 123 cm³/mol. The van der Waals surface area contributed by atoms with Gasteiger partial charge in [0.15, 0.2) is 15.6 Å². The van der Waals surface area contributed by atoms with Crippen molar-refractivity contribution in [3.05, 3.63) is 58.1 Å². The highest BCUT2D eigenvalue weighted by Gasteiger charge is 2.31. The largest absolute Gasteiger partial charge is 0.495 e. The maximum atomic E-state index is 13.0. The number of ether oxygens (including phenoxy) is 2. The second kappa shape index (κ2) is 10.5. The van der Waals surface area contributed by atoms with Crippen LogP contribution < -0.4 is 9.64 Å². The fourth-order valence-corrected chi connectivity index (χ4v) is 4.99. The van der Waals surface area contributed by atoms with Gasteiger partial charge in [0, 0.05) is 37.8 Å². The van der Waals surface area contributed by atoms with Gasteiger partial charge in [-0.3, -0.25) is 19.7 Å². The summed E-state index contributed by atoms with van der Waals surface area (Å²) < 4.78 is 35.1. The van der Waals surface area contributed by atoms with Gasteiger partial charge in [-0.25, -0.2) is 8.42 Å². The van der Waals surface area contributed by atoms with Gasteiger partial charge in [0.05, 0.1) is 24.3 Å². The molecule has 0 aliphatic carbocycles. The molecule has 0 radical (unpaired) electrons. The number of rotatable bonds is 8. The van der Waals surface area contributed by atoms with E-state index in [9.17, 15) is 28.1 Å². The Kier molecular flexibility index (Phi) is 7.72. The van der Waals surface area contributed by atoms with Crippen molar-refractivity contribution in [3.8, 4) is 5.75 Å². The minimum Gasteiger partial charge on any atom is -0.495 e. The second-order valence-corrected chi connectivity index (χ2v) is 9.41. The Hall–Kier alpha value is -3.67. The molecule has 0 N–H and O–H groups in total. The number of methoxy groups -OCH3 is 1. The number of esters is 1. The zero-order valence-electron chi connectivity index (χ0n) is 18.8. The van der Waals surface area contributed by atoms with E-state index >= 15 is 0 Å². The van der Waals surface area contributed by atoms with E-state index in [0.717, 1.165) is 23.6 Å². The maximum absolute atomic E-state index is 13.0. The molecule has 3 rings (SSSR count). The van der Waals surface area contributed by atoms with Crippen molar-refractivity contribution in [3.63, 3.8) is 0 Å². The molecule has 0 spiro atoms. The first-order valence-electron chi connectivity index (χ1n) is 10.5. The average Bonchev–Trinajstić information content (AvgIpc) is 2.83. The van der Waals surface area contributed by atoms with Crippen molar-refractivity contribution in [2.75, 3.05) is 50.5 Å². The molecule has 1 amide bonds. The van der Waals surface area contributed by atoms with Crippen LogP contribution >= 0.6 is 0 Å². The average molecular weight is 492 g/mol. The third-order valence-electron chi connectivity index (χ3n) is 5.34. The smallest absolute Gasteiger partial charge is 0.321 e. The summed E-state index contributed by atoms with van der Waals surface area (Å²) in [4.78, 5) is 38.3. The molecule has 0 saturated carbocycles. The Labute approximate surface area is 196 Å². The number of amides is 1. The molecule has 1 fully saturated rings. The van der Waals surface area contributed by atoms with Gasteiger partial charge < -0.3 is 19.3 Å². The molecule has 0 atom stereocenters. The van der Waals surface area contributed by atoms with Gasteiger partial charge in [-0.2, -0.15) is 0 Å². The molecule has 0 bridgehead atoms. The van der Waals surface area contributed by atoms with Gasteiger partial charge in [-0.15, -0.1) is 0 Å². The monoisotopic (exact) mass is 491 g/mol. The molecular formula is C22H25N3O8S. The van der Waals surface area contributed by atoms with Gasteiger partial charge in [-0.05, 0) is 31.2 Å². The minimum absolute atomic E-state index is 0.00692. The number of carbonyl (C=O) groups excluding carboxylic acids is 2. The van der Waals surface area contributed by atoms with Crippen molar-refractivity contribution >= 4 is 33.1 Å². The molecule has 2 aromatic rings. The van der Waals surface area contributed by atoms with Crippen LogP contribution in [-0.2, 0) is 19.4 Å². The van der Waals surface area contributed by atoms with E-state index in [1.54, 1.807) is 12.0 Å². The van der Waals surface area contributed by atoms with Crippen molar-refractivity contribution in [2.45, 2.75) is 11.8 Å². The Morgan fingerprint density at radius 3 is 2.38 bits per heavy atom. The highest BCUT2D eigenvalue weighted by Crippen LogP contribution is 2.30. The summed E-state index contributed by atoms with van der Waals surface area (Å²) in [5.41, 5.74) is 0.138. The summed E-state index contributed by atoms with van der Waals surface area (Å²) in [6.45, 7) is 3.29. The first kappa shape index (κ1) is 25.0. The van der Waals surface area contributed by atoms with Crippen molar-refractivity contribution in [1.82, 2.24) is 4.90 Å². The standard InChI is InChI=1S/C22H25N3O8S/c1-3-33-21(26)15-34(30,31)20-9-8-16(14-18(20)25(28)29)22(27)24-12-10-23(11-13-24)17-6-4-5-7-19(17)32-2/h4-9,14H,3,10-13,15H2,1-2H3. The summed E-state index contributed by atoms with van der Waals surface area (Å²) >= 11 is 0. The number of benzene rings is 2. The Morgan fingerprint density at radius 1 is 1.09 bits per heavy atom. The van der Waals surface area contributed by atoms with Crippen LogP contribution in [0.15, 0.2) is 47.4 Å². The molecule has 2 aromatic carbocycles. The van der Waals surface area contributed by atoms with E-state index in [1.165, 1.54) is 13.0 Å². The maximum Gasteiger partial charge on any atom is 0.321 e. The van der Waals surface area contributed by atoms with Crippen molar-refractivity contribution in [1.29, 1.82) is 0 Å². The van der Waals surface area contributed by atoms with E-state index in [-0.39, 0.29) is 12.2 Å². The molecule has 1 aliphatic rings. The molecular weight excluding hydrogens is 466 g/mol. The van der Waals surface area contributed by atoms with Crippen LogP contribution in [0.1, 0.15) is 17.3 Å².